The van der Waals surface area contributed by atoms with Gasteiger partial charge < -0.3 is 11.1 Å². The van der Waals surface area contributed by atoms with E-state index in [1.807, 2.05) is 19.9 Å². The first-order valence-corrected chi connectivity index (χ1v) is 6.58. The van der Waals surface area contributed by atoms with Gasteiger partial charge in [-0.05, 0) is 53.9 Å². The summed E-state index contributed by atoms with van der Waals surface area (Å²) in [6.45, 7) is 3.79. The van der Waals surface area contributed by atoms with Crippen LogP contribution in [-0.4, -0.2) is 11.9 Å². The second-order valence-corrected chi connectivity index (χ2v) is 5.41. The predicted octanol–water partition coefficient (Wildman–Crippen LogP) is 3.48. The Labute approximate surface area is 115 Å². The number of anilines is 1. The Balaban J connectivity index is 2.68. The molecule has 0 spiro atoms. The minimum absolute atomic E-state index is 0.0331. The van der Waals surface area contributed by atoms with Crippen LogP contribution in [0.5, 0.6) is 0 Å². The van der Waals surface area contributed by atoms with Crippen LogP contribution in [0.1, 0.15) is 25.3 Å². The van der Waals surface area contributed by atoms with Gasteiger partial charge in [-0.2, -0.15) is 0 Å². The van der Waals surface area contributed by atoms with Crippen molar-refractivity contribution in [3.63, 3.8) is 0 Å². The van der Waals surface area contributed by atoms with Crippen molar-refractivity contribution in [3.8, 4) is 0 Å². The molecule has 17 heavy (non-hydrogen) atoms. The van der Waals surface area contributed by atoms with Crippen LogP contribution in [0, 0.1) is 6.92 Å². The van der Waals surface area contributed by atoms with Crippen LogP contribution in [-0.2, 0) is 4.79 Å². The highest BCUT2D eigenvalue weighted by Crippen LogP contribution is 2.29. The van der Waals surface area contributed by atoms with Crippen LogP contribution in [0.3, 0.4) is 0 Å². The molecule has 0 aliphatic carbocycles. The summed E-state index contributed by atoms with van der Waals surface area (Å²) in [6, 6.07) is 3.65. The van der Waals surface area contributed by atoms with Crippen molar-refractivity contribution in [2.75, 3.05) is 5.32 Å². The number of aryl methyl sites for hydroxylation is 1. The number of amides is 1. The number of hydrogen-bond acceptors (Lipinski definition) is 2. The molecule has 0 bridgehead atoms. The zero-order chi connectivity index (χ0) is 13.0. The highest BCUT2D eigenvalue weighted by atomic mass is 79.9. The second kappa shape index (κ2) is 6.38. The van der Waals surface area contributed by atoms with Crippen molar-refractivity contribution >= 4 is 39.1 Å². The molecule has 0 aromatic heterocycles. The first-order chi connectivity index (χ1) is 7.90. The molecule has 1 aromatic carbocycles. The molecule has 3 nitrogen and oxygen atoms in total. The van der Waals surface area contributed by atoms with E-state index in [0.29, 0.717) is 23.6 Å². The molecule has 0 fully saturated rings. The molecule has 0 saturated carbocycles. The van der Waals surface area contributed by atoms with Crippen molar-refractivity contribution < 1.29 is 4.79 Å². The topological polar surface area (TPSA) is 55.1 Å². The molecular weight excluding hydrogens is 304 g/mol. The summed E-state index contributed by atoms with van der Waals surface area (Å²) in [5.41, 5.74) is 7.25. The van der Waals surface area contributed by atoms with Gasteiger partial charge in [0.2, 0.25) is 5.91 Å². The zero-order valence-electron chi connectivity index (χ0n) is 9.89. The monoisotopic (exact) mass is 318 g/mol. The molecule has 5 heteroatoms. The van der Waals surface area contributed by atoms with Gasteiger partial charge in [0.15, 0.2) is 0 Å². The molecule has 1 rings (SSSR count). The Morgan fingerprint density at radius 1 is 1.59 bits per heavy atom. The quantitative estimate of drug-likeness (QED) is 0.892. The molecule has 1 amide bonds. The number of carbonyl (C=O) groups is 1. The molecule has 1 atom stereocenters. The van der Waals surface area contributed by atoms with Crippen molar-refractivity contribution in [1.82, 2.24) is 0 Å². The molecule has 0 heterocycles. The smallest absolute Gasteiger partial charge is 0.224 e. The maximum atomic E-state index is 11.6. The van der Waals surface area contributed by atoms with Gasteiger partial charge in [-0.15, -0.1) is 0 Å². The van der Waals surface area contributed by atoms with Crippen molar-refractivity contribution in [2.45, 2.75) is 32.7 Å². The van der Waals surface area contributed by atoms with Crippen LogP contribution >= 0.6 is 27.5 Å². The standard InChI is InChI=1S/C12H16BrClN2O/c1-7-5-9(13)11(6-10(7)14)16-12(17)4-3-8(2)15/h5-6,8H,3-4,15H2,1-2H3,(H,16,17). The number of halogens is 2. The van der Waals surface area contributed by atoms with Crippen LogP contribution in [0.25, 0.3) is 0 Å². The van der Waals surface area contributed by atoms with E-state index in [1.54, 1.807) is 6.07 Å². The summed E-state index contributed by atoms with van der Waals surface area (Å²) in [5, 5.41) is 3.44. The second-order valence-electron chi connectivity index (χ2n) is 4.15. The lowest BCUT2D eigenvalue weighted by molar-refractivity contribution is -0.116. The van der Waals surface area contributed by atoms with Gasteiger partial charge in [0.05, 0.1) is 5.69 Å². The van der Waals surface area contributed by atoms with Crippen molar-refractivity contribution in [3.05, 3.63) is 27.2 Å². The normalized spacial score (nSPS) is 12.3. The van der Waals surface area contributed by atoms with Gasteiger partial charge in [0.25, 0.3) is 0 Å². The van der Waals surface area contributed by atoms with Crippen LogP contribution < -0.4 is 11.1 Å². The molecule has 1 aromatic rings. The molecule has 0 radical (unpaired) electrons. The van der Waals surface area contributed by atoms with E-state index in [4.69, 9.17) is 17.3 Å². The van der Waals surface area contributed by atoms with Crippen LogP contribution in [0.4, 0.5) is 5.69 Å². The van der Waals surface area contributed by atoms with E-state index >= 15 is 0 Å². The van der Waals surface area contributed by atoms with Crippen molar-refractivity contribution in [1.29, 1.82) is 0 Å². The molecule has 1 unspecified atom stereocenters. The van der Waals surface area contributed by atoms with Gasteiger partial charge >= 0.3 is 0 Å². The lowest BCUT2D eigenvalue weighted by atomic mass is 10.2. The lowest BCUT2D eigenvalue weighted by Crippen LogP contribution is -2.19. The summed E-state index contributed by atoms with van der Waals surface area (Å²) in [6.07, 6.45) is 1.08. The average Bonchev–Trinajstić information content (AvgIpc) is 2.23. The third kappa shape index (κ3) is 4.66. The van der Waals surface area contributed by atoms with Gasteiger partial charge in [0, 0.05) is 22.0 Å². The largest absolute Gasteiger partial charge is 0.328 e. The predicted molar refractivity (Wildman–Crippen MR) is 75.4 cm³/mol. The summed E-state index contributed by atoms with van der Waals surface area (Å²) >= 11 is 9.40. The number of nitrogens with one attached hydrogen (secondary N) is 1. The summed E-state index contributed by atoms with van der Waals surface area (Å²) < 4.78 is 0.827. The van der Waals surface area contributed by atoms with Crippen molar-refractivity contribution in [2.24, 2.45) is 5.73 Å². The Hall–Kier alpha value is -0.580. The number of carbonyl (C=O) groups excluding carboxylic acids is 1. The summed E-state index contributed by atoms with van der Waals surface area (Å²) in [5.74, 6) is -0.0529. The van der Waals surface area contributed by atoms with Gasteiger partial charge in [-0.1, -0.05) is 11.6 Å². The highest BCUT2D eigenvalue weighted by molar-refractivity contribution is 9.10. The average molecular weight is 320 g/mol. The molecule has 0 saturated heterocycles. The Morgan fingerprint density at radius 3 is 2.82 bits per heavy atom. The molecule has 94 valence electrons. The third-order valence-corrected chi connectivity index (χ3v) is 3.41. The maximum Gasteiger partial charge on any atom is 0.224 e. The fourth-order valence-corrected chi connectivity index (χ4v) is 2.03. The SMILES string of the molecule is Cc1cc(Br)c(NC(=O)CCC(C)N)cc1Cl. The lowest BCUT2D eigenvalue weighted by Gasteiger charge is -2.10. The molecule has 3 N–H and O–H groups in total. The zero-order valence-corrected chi connectivity index (χ0v) is 12.2. The maximum absolute atomic E-state index is 11.6. The Kier molecular flexibility index (Phi) is 5.43. The van der Waals surface area contributed by atoms with Gasteiger partial charge in [-0.25, -0.2) is 0 Å². The number of rotatable bonds is 4. The van der Waals surface area contributed by atoms with E-state index < -0.39 is 0 Å². The molecule has 0 aliphatic heterocycles. The van der Waals surface area contributed by atoms with Crippen LogP contribution in [0.15, 0.2) is 16.6 Å². The Morgan fingerprint density at radius 2 is 2.24 bits per heavy atom. The fourth-order valence-electron chi connectivity index (χ4n) is 1.31. The number of nitrogens with two attached hydrogens (primary N) is 1. The fraction of sp³-hybridized carbons (Fsp3) is 0.417. The van der Waals surface area contributed by atoms with E-state index in [2.05, 4.69) is 21.2 Å². The number of hydrogen-bond donors (Lipinski definition) is 2. The van der Waals surface area contributed by atoms with E-state index in [1.165, 1.54) is 0 Å². The van der Waals surface area contributed by atoms with E-state index in [-0.39, 0.29) is 11.9 Å². The van der Waals surface area contributed by atoms with E-state index in [0.717, 1.165) is 10.0 Å². The minimum Gasteiger partial charge on any atom is -0.328 e. The first kappa shape index (κ1) is 14.5. The third-order valence-electron chi connectivity index (χ3n) is 2.35. The molecular formula is C12H16BrClN2O. The summed E-state index contributed by atoms with van der Waals surface area (Å²) in [4.78, 5) is 11.6. The summed E-state index contributed by atoms with van der Waals surface area (Å²) in [7, 11) is 0. The molecule has 0 aliphatic rings. The van der Waals surface area contributed by atoms with Crippen LogP contribution in [0.2, 0.25) is 5.02 Å². The number of benzene rings is 1. The van der Waals surface area contributed by atoms with E-state index in [9.17, 15) is 4.79 Å². The first-order valence-electron chi connectivity index (χ1n) is 5.41. The highest BCUT2D eigenvalue weighted by Gasteiger charge is 2.08. The van der Waals surface area contributed by atoms with Gasteiger partial charge in [0.1, 0.15) is 0 Å². The Bertz CT molecular complexity index is 421. The van der Waals surface area contributed by atoms with Gasteiger partial charge in [-0.3, -0.25) is 4.79 Å². The minimum atomic E-state index is -0.0529.